The third-order valence-electron chi connectivity index (χ3n) is 4.33. The molecule has 1 atom stereocenters. The number of nitrogens with one attached hydrogen (secondary N) is 2. The van der Waals surface area contributed by atoms with E-state index in [1.165, 1.54) is 6.92 Å². The largest absolute Gasteiger partial charge is 0.468 e. The molecule has 0 radical (unpaired) electrons. The lowest BCUT2D eigenvalue weighted by atomic mass is 10.2. The van der Waals surface area contributed by atoms with Crippen LogP contribution in [0.2, 0.25) is 0 Å². The summed E-state index contributed by atoms with van der Waals surface area (Å²) in [5.74, 6) is 0.625. The van der Waals surface area contributed by atoms with Gasteiger partial charge in [0, 0.05) is 18.3 Å². The predicted molar refractivity (Wildman–Crippen MR) is 99.3 cm³/mol. The van der Waals surface area contributed by atoms with Crippen LogP contribution in [0, 0.1) is 0 Å². The summed E-state index contributed by atoms with van der Waals surface area (Å²) in [4.78, 5) is 14.0. The Morgan fingerprint density at radius 1 is 1.31 bits per heavy atom. The Morgan fingerprint density at radius 2 is 2.08 bits per heavy atom. The number of thiophene rings is 1. The minimum atomic E-state index is -3.61. The number of nitrogens with zero attached hydrogens (tertiary/aromatic N) is 1. The zero-order valence-electron chi connectivity index (χ0n) is 14.6. The number of furan rings is 1. The summed E-state index contributed by atoms with van der Waals surface area (Å²) in [5, 5.41) is 2.67. The van der Waals surface area contributed by atoms with E-state index in [-0.39, 0.29) is 22.7 Å². The maximum Gasteiger partial charge on any atom is 0.250 e. The summed E-state index contributed by atoms with van der Waals surface area (Å²) in [6, 6.07) is 6.89. The molecule has 3 rings (SSSR count). The van der Waals surface area contributed by atoms with E-state index in [4.69, 9.17) is 4.42 Å². The van der Waals surface area contributed by atoms with E-state index in [2.05, 4.69) is 14.9 Å². The highest BCUT2D eigenvalue weighted by atomic mass is 32.2. The first-order valence-corrected chi connectivity index (χ1v) is 10.9. The van der Waals surface area contributed by atoms with Crippen molar-refractivity contribution in [3.63, 3.8) is 0 Å². The number of carbonyl (C=O) groups is 1. The van der Waals surface area contributed by atoms with Crippen molar-refractivity contribution in [3.8, 4) is 0 Å². The quantitative estimate of drug-likeness (QED) is 0.712. The first-order valence-electron chi connectivity index (χ1n) is 8.56. The van der Waals surface area contributed by atoms with E-state index in [0.717, 1.165) is 47.9 Å². The van der Waals surface area contributed by atoms with E-state index >= 15 is 0 Å². The molecule has 7 nitrogen and oxygen atoms in total. The van der Waals surface area contributed by atoms with E-state index in [9.17, 15) is 13.2 Å². The van der Waals surface area contributed by atoms with Crippen LogP contribution in [-0.2, 0) is 21.4 Å². The van der Waals surface area contributed by atoms with E-state index in [1.807, 2.05) is 12.1 Å². The van der Waals surface area contributed by atoms with Crippen molar-refractivity contribution in [2.24, 2.45) is 0 Å². The molecule has 2 aromatic rings. The molecule has 1 unspecified atom stereocenters. The lowest BCUT2D eigenvalue weighted by Crippen LogP contribution is -2.36. The molecule has 142 valence electrons. The van der Waals surface area contributed by atoms with Crippen LogP contribution in [0.4, 0.5) is 0 Å². The van der Waals surface area contributed by atoms with Gasteiger partial charge in [-0.25, -0.2) is 13.1 Å². The van der Waals surface area contributed by atoms with Gasteiger partial charge in [-0.15, -0.1) is 11.3 Å². The summed E-state index contributed by atoms with van der Waals surface area (Å²) in [6.45, 7) is 3.90. The molecule has 0 bridgehead atoms. The molecule has 0 aromatic carbocycles. The smallest absolute Gasteiger partial charge is 0.250 e. The molecule has 1 aliphatic rings. The van der Waals surface area contributed by atoms with Crippen LogP contribution in [0.5, 0.6) is 0 Å². The van der Waals surface area contributed by atoms with E-state index in [1.54, 1.807) is 18.4 Å². The summed E-state index contributed by atoms with van der Waals surface area (Å²) < 4.78 is 33.8. The highest BCUT2D eigenvalue weighted by molar-refractivity contribution is 7.91. The Kier molecular flexibility index (Phi) is 6.13. The zero-order valence-corrected chi connectivity index (χ0v) is 16.2. The summed E-state index contributed by atoms with van der Waals surface area (Å²) in [7, 11) is -3.61. The molecule has 0 saturated carbocycles. The van der Waals surface area contributed by atoms with Gasteiger partial charge in [0.25, 0.3) is 0 Å². The molecule has 0 spiro atoms. The molecule has 26 heavy (non-hydrogen) atoms. The summed E-state index contributed by atoms with van der Waals surface area (Å²) in [6.07, 6.45) is 3.84. The van der Waals surface area contributed by atoms with Gasteiger partial charge in [-0.05, 0) is 50.2 Å². The van der Waals surface area contributed by atoms with Gasteiger partial charge in [-0.3, -0.25) is 9.69 Å². The number of likely N-dealkylation sites (tertiary alicyclic amines) is 1. The van der Waals surface area contributed by atoms with Gasteiger partial charge < -0.3 is 9.73 Å². The van der Waals surface area contributed by atoms with Crippen LogP contribution in [0.1, 0.15) is 36.4 Å². The average Bonchev–Trinajstić information content (AvgIpc) is 3.35. The fourth-order valence-corrected chi connectivity index (χ4v) is 5.39. The van der Waals surface area contributed by atoms with Gasteiger partial charge in [-0.2, -0.15) is 0 Å². The molecule has 3 heterocycles. The molecule has 2 aromatic heterocycles. The minimum Gasteiger partial charge on any atom is -0.468 e. The predicted octanol–water partition coefficient (Wildman–Crippen LogP) is 2.09. The highest BCUT2D eigenvalue weighted by Crippen LogP contribution is 2.26. The van der Waals surface area contributed by atoms with Crippen LogP contribution in [0.15, 0.2) is 39.2 Å². The number of hydrogen-bond donors (Lipinski definition) is 2. The lowest BCUT2D eigenvalue weighted by Gasteiger charge is -2.25. The first kappa shape index (κ1) is 19.1. The lowest BCUT2D eigenvalue weighted by molar-refractivity contribution is -0.119. The van der Waals surface area contributed by atoms with Gasteiger partial charge in [-0.1, -0.05) is 0 Å². The zero-order chi connectivity index (χ0) is 18.6. The Bertz CT molecular complexity index is 824. The maximum atomic E-state index is 12.6. The second-order valence-corrected chi connectivity index (χ2v) is 9.42. The fraction of sp³-hybridized carbons (Fsp3) is 0.471. The van der Waals surface area contributed by atoms with E-state index in [0.29, 0.717) is 6.54 Å². The third kappa shape index (κ3) is 4.73. The van der Waals surface area contributed by atoms with Crippen LogP contribution in [0.3, 0.4) is 0 Å². The topological polar surface area (TPSA) is 91.6 Å². The molecule has 1 amide bonds. The Balaban J connectivity index is 1.67. The Morgan fingerprint density at radius 3 is 2.73 bits per heavy atom. The first-order chi connectivity index (χ1) is 12.5. The standard InChI is InChI=1S/C17H23N3O4S2/c1-13(21)18-11-14-6-7-17(25-14)26(22,23)19-12-15(16-5-4-10-24-16)20-8-2-3-9-20/h4-7,10,15,19H,2-3,8-9,11-12H2,1H3,(H,18,21). The van der Waals surface area contributed by atoms with Gasteiger partial charge >= 0.3 is 0 Å². The monoisotopic (exact) mass is 397 g/mol. The number of rotatable bonds is 8. The van der Waals surface area contributed by atoms with Crippen molar-refractivity contribution in [3.05, 3.63) is 41.2 Å². The van der Waals surface area contributed by atoms with Crippen molar-refractivity contribution >= 4 is 27.3 Å². The normalized spacial score (nSPS) is 16.7. The van der Waals surface area contributed by atoms with Crippen LogP contribution >= 0.6 is 11.3 Å². The van der Waals surface area contributed by atoms with Crippen LogP contribution in [0.25, 0.3) is 0 Å². The molecule has 1 aliphatic heterocycles. The molecular weight excluding hydrogens is 374 g/mol. The third-order valence-corrected chi connectivity index (χ3v) is 7.33. The molecule has 2 N–H and O–H groups in total. The number of sulfonamides is 1. The van der Waals surface area contributed by atoms with Crippen molar-refractivity contribution in [2.45, 2.75) is 36.6 Å². The van der Waals surface area contributed by atoms with Crippen molar-refractivity contribution < 1.29 is 17.6 Å². The average molecular weight is 398 g/mol. The van der Waals surface area contributed by atoms with Crippen LogP contribution in [-0.4, -0.2) is 38.9 Å². The number of carbonyl (C=O) groups excluding carboxylic acids is 1. The molecule has 1 fully saturated rings. The van der Waals surface area contributed by atoms with Gasteiger partial charge in [0.15, 0.2) is 0 Å². The minimum absolute atomic E-state index is 0.110. The maximum absolute atomic E-state index is 12.6. The van der Waals surface area contributed by atoms with Gasteiger partial charge in [0.2, 0.25) is 15.9 Å². The molecule has 0 aliphatic carbocycles. The molecule has 9 heteroatoms. The summed E-state index contributed by atoms with van der Waals surface area (Å²) in [5.41, 5.74) is 0. The van der Waals surface area contributed by atoms with Crippen molar-refractivity contribution in [1.29, 1.82) is 0 Å². The van der Waals surface area contributed by atoms with Gasteiger partial charge in [0.1, 0.15) is 9.97 Å². The number of amides is 1. The Hall–Kier alpha value is -1.68. The van der Waals surface area contributed by atoms with E-state index < -0.39 is 10.0 Å². The Labute approximate surface area is 157 Å². The molecule has 1 saturated heterocycles. The van der Waals surface area contributed by atoms with Crippen molar-refractivity contribution in [1.82, 2.24) is 14.9 Å². The highest BCUT2D eigenvalue weighted by Gasteiger charge is 2.27. The van der Waals surface area contributed by atoms with Gasteiger partial charge in [0.05, 0.1) is 18.8 Å². The van der Waals surface area contributed by atoms with Crippen LogP contribution < -0.4 is 10.0 Å². The fourth-order valence-electron chi connectivity index (χ4n) is 3.01. The van der Waals surface area contributed by atoms with Crippen molar-refractivity contribution in [2.75, 3.05) is 19.6 Å². The molecular formula is C17H23N3O4S2. The SMILES string of the molecule is CC(=O)NCc1ccc(S(=O)(=O)NCC(c2ccco2)N2CCCC2)s1. The second-order valence-electron chi connectivity index (χ2n) is 6.26. The second kappa shape index (κ2) is 8.34. The number of hydrogen-bond acceptors (Lipinski definition) is 6. The summed E-state index contributed by atoms with van der Waals surface area (Å²) >= 11 is 1.16.